The topological polar surface area (TPSA) is 94.4 Å². The number of rotatable bonds is 5. The normalized spacial score (nSPS) is 23.8. The number of allylic oxidation sites excluding steroid dienone is 1. The van der Waals surface area contributed by atoms with Crippen molar-refractivity contribution in [2.45, 2.75) is 25.3 Å². The van der Waals surface area contributed by atoms with E-state index in [2.05, 4.69) is 10.3 Å². The first-order chi connectivity index (χ1) is 13.8. The quantitative estimate of drug-likeness (QED) is 0.653. The lowest BCUT2D eigenvalue weighted by molar-refractivity contribution is -0.117. The van der Waals surface area contributed by atoms with Crippen LogP contribution in [0.2, 0.25) is 5.15 Å². The highest BCUT2D eigenvalue weighted by Gasteiger charge is 2.33. The molecular weight excluding hydrogens is 423 g/mol. The molecule has 2 aromatic rings. The van der Waals surface area contributed by atoms with Gasteiger partial charge in [0.15, 0.2) is 27.5 Å². The van der Waals surface area contributed by atoms with Gasteiger partial charge in [0.25, 0.3) is 0 Å². The van der Waals surface area contributed by atoms with Crippen LogP contribution in [0.1, 0.15) is 12.0 Å². The summed E-state index contributed by atoms with van der Waals surface area (Å²) in [4.78, 5) is 13.1. The van der Waals surface area contributed by atoms with Crippen LogP contribution in [-0.4, -0.2) is 60.1 Å². The first-order valence-electron chi connectivity index (χ1n) is 8.97. The maximum atomic E-state index is 14.8. The van der Waals surface area contributed by atoms with Crippen molar-refractivity contribution in [1.29, 1.82) is 0 Å². The van der Waals surface area contributed by atoms with E-state index in [1.165, 1.54) is 10.7 Å². The lowest BCUT2D eigenvalue weighted by Crippen LogP contribution is -2.31. The van der Waals surface area contributed by atoms with Gasteiger partial charge in [-0.25, -0.2) is 17.5 Å². The van der Waals surface area contributed by atoms with Gasteiger partial charge in [-0.1, -0.05) is 22.9 Å². The highest BCUT2D eigenvalue weighted by atomic mass is 35.5. The highest BCUT2D eigenvalue weighted by molar-refractivity contribution is 7.91. The number of benzene rings is 1. The second-order valence-electron chi connectivity index (χ2n) is 6.96. The summed E-state index contributed by atoms with van der Waals surface area (Å²) in [6.07, 6.45) is 2.86. The number of aromatic nitrogens is 3. The zero-order valence-electron chi connectivity index (χ0n) is 15.2. The fraction of sp³-hybridized carbons (Fsp3) is 0.389. The molecule has 1 saturated heterocycles. The summed E-state index contributed by atoms with van der Waals surface area (Å²) in [6, 6.07) is 4.66. The number of ether oxygens (including phenoxy) is 1. The van der Waals surface area contributed by atoms with Gasteiger partial charge in [0.2, 0.25) is 0 Å². The Morgan fingerprint density at radius 1 is 1.38 bits per heavy atom. The minimum absolute atomic E-state index is 0.0151. The summed E-state index contributed by atoms with van der Waals surface area (Å²) < 4.78 is 45.1. The van der Waals surface area contributed by atoms with E-state index in [-0.39, 0.29) is 29.2 Å². The Balaban J connectivity index is 1.52. The monoisotopic (exact) mass is 440 g/mol. The number of aldehydes is 1. The summed E-state index contributed by atoms with van der Waals surface area (Å²) in [7, 11) is -3.08. The number of anilines is 1. The van der Waals surface area contributed by atoms with Gasteiger partial charge in [-0.2, -0.15) is 0 Å². The largest absolute Gasteiger partial charge is 0.344 e. The molecule has 0 amide bonds. The van der Waals surface area contributed by atoms with E-state index < -0.39 is 21.9 Å². The van der Waals surface area contributed by atoms with Gasteiger partial charge < -0.3 is 9.64 Å². The molecule has 0 radical (unpaired) electrons. The van der Waals surface area contributed by atoms with Gasteiger partial charge in [0, 0.05) is 17.8 Å². The standard InChI is InChI=1S/C18H18ClFN4O4S/c19-17-10-23(22-21-17)8-14-9-24(18(11-25)28-14)13-1-2-15(16(20)7-13)12-3-5-29(26,27)6-4-12/h1-3,7,10-11,14,18H,4-6,8-9H2/t14-,18?/m0/s1. The number of hydrogen-bond donors (Lipinski definition) is 0. The van der Waals surface area contributed by atoms with E-state index in [1.807, 2.05) is 0 Å². The first-order valence-corrected chi connectivity index (χ1v) is 11.2. The van der Waals surface area contributed by atoms with E-state index in [0.717, 1.165) is 0 Å². The molecule has 2 aliphatic rings. The molecule has 154 valence electrons. The lowest BCUT2D eigenvalue weighted by atomic mass is 10.0. The molecule has 3 heterocycles. The molecule has 0 N–H and O–H groups in total. The summed E-state index contributed by atoms with van der Waals surface area (Å²) in [5, 5.41) is 7.81. The van der Waals surface area contributed by atoms with E-state index >= 15 is 0 Å². The van der Waals surface area contributed by atoms with Crippen LogP contribution in [0.5, 0.6) is 0 Å². The molecule has 1 aromatic heterocycles. The van der Waals surface area contributed by atoms with Crippen molar-refractivity contribution in [2.24, 2.45) is 0 Å². The average molecular weight is 441 g/mol. The van der Waals surface area contributed by atoms with E-state index in [9.17, 15) is 17.6 Å². The predicted molar refractivity (Wildman–Crippen MR) is 105 cm³/mol. The van der Waals surface area contributed by atoms with E-state index in [4.69, 9.17) is 16.3 Å². The summed E-state index contributed by atoms with van der Waals surface area (Å²) in [5.74, 6) is -0.532. The molecule has 2 aliphatic heterocycles. The van der Waals surface area contributed by atoms with E-state index in [0.29, 0.717) is 36.2 Å². The van der Waals surface area contributed by atoms with Crippen LogP contribution in [0.25, 0.3) is 5.57 Å². The number of hydrogen-bond acceptors (Lipinski definition) is 7. The van der Waals surface area contributed by atoms with Gasteiger partial charge in [0.1, 0.15) is 5.82 Å². The molecule has 0 bridgehead atoms. The average Bonchev–Trinajstić information content (AvgIpc) is 3.28. The van der Waals surface area contributed by atoms with E-state index in [1.54, 1.807) is 29.3 Å². The van der Waals surface area contributed by atoms with Crippen LogP contribution in [0.3, 0.4) is 0 Å². The van der Waals surface area contributed by atoms with Gasteiger partial charge in [-0.3, -0.25) is 4.79 Å². The first kappa shape index (κ1) is 20.0. The van der Waals surface area contributed by atoms with Gasteiger partial charge in [0.05, 0.1) is 30.4 Å². The van der Waals surface area contributed by atoms with Crippen LogP contribution in [-0.2, 0) is 25.9 Å². The maximum Gasteiger partial charge on any atom is 0.187 e. The molecule has 0 spiro atoms. The molecule has 11 heteroatoms. The Morgan fingerprint density at radius 2 is 2.21 bits per heavy atom. The summed E-state index contributed by atoms with van der Waals surface area (Å²) in [5.41, 5.74) is 1.56. The second-order valence-corrected chi connectivity index (χ2v) is 9.57. The molecule has 0 aliphatic carbocycles. The minimum atomic E-state index is -3.08. The Hall–Kier alpha value is -2.30. The fourth-order valence-electron chi connectivity index (χ4n) is 3.53. The third-order valence-electron chi connectivity index (χ3n) is 4.95. The van der Waals surface area contributed by atoms with Gasteiger partial charge in [-0.05, 0) is 30.2 Å². The summed E-state index contributed by atoms with van der Waals surface area (Å²) >= 11 is 5.76. The smallest absolute Gasteiger partial charge is 0.187 e. The van der Waals surface area contributed by atoms with Crippen molar-refractivity contribution in [2.75, 3.05) is 23.0 Å². The highest BCUT2D eigenvalue weighted by Crippen LogP contribution is 2.31. The molecule has 1 fully saturated rings. The van der Waals surface area contributed by atoms with Crippen molar-refractivity contribution in [3.8, 4) is 0 Å². The molecule has 4 rings (SSSR count). The van der Waals surface area contributed by atoms with Crippen molar-refractivity contribution >= 4 is 39.0 Å². The number of halogens is 2. The van der Waals surface area contributed by atoms with Gasteiger partial charge in [-0.15, -0.1) is 5.10 Å². The molecule has 8 nitrogen and oxygen atoms in total. The SMILES string of the molecule is O=CC1O[C@@H](Cn2cc(Cl)nn2)CN1c1ccc(C2=CCS(=O)(=O)CC2)c(F)c1. The van der Waals surface area contributed by atoms with Crippen molar-refractivity contribution < 1.29 is 22.3 Å². The third kappa shape index (κ3) is 4.34. The van der Waals surface area contributed by atoms with Gasteiger partial charge >= 0.3 is 0 Å². The predicted octanol–water partition coefficient (Wildman–Crippen LogP) is 1.70. The van der Waals surface area contributed by atoms with Crippen LogP contribution >= 0.6 is 11.6 Å². The number of carbonyl (C=O) groups excluding carboxylic acids is 1. The van der Waals surface area contributed by atoms with Crippen molar-refractivity contribution in [1.82, 2.24) is 15.0 Å². The Bertz CT molecular complexity index is 1070. The Kier molecular flexibility index (Phi) is 5.41. The van der Waals surface area contributed by atoms with Crippen LogP contribution in [0.15, 0.2) is 30.5 Å². The number of sulfone groups is 1. The van der Waals surface area contributed by atoms with Crippen molar-refractivity contribution in [3.63, 3.8) is 0 Å². The Morgan fingerprint density at radius 3 is 2.83 bits per heavy atom. The zero-order chi connectivity index (χ0) is 20.6. The van der Waals surface area contributed by atoms with Crippen molar-refractivity contribution in [3.05, 3.63) is 47.0 Å². The minimum Gasteiger partial charge on any atom is -0.344 e. The molecule has 0 saturated carbocycles. The fourth-order valence-corrected chi connectivity index (χ4v) is 4.83. The third-order valence-corrected chi connectivity index (χ3v) is 6.63. The Labute approximate surface area is 171 Å². The molecular formula is C18H18ClFN4O4S. The zero-order valence-corrected chi connectivity index (χ0v) is 16.8. The summed E-state index contributed by atoms with van der Waals surface area (Å²) in [6.45, 7) is 0.711. The number of nitrogens with zero attached hydrogens (tertiary/aromatic N) is 4. The van der Waals surface area contributed by atoms with Crippen LogP contribution < -0.4 is 4.90 Å². The molecule has 1 aromatic carbocycles. The molecule has 1 unspecified atom stereocenters. The molecule has 2 atom stereocenters. The lowest BCUT2D eigenvalue weighted by Gasteiger charge is -2.22. The second kappa shape index (κ2) is 7.85. The molecule has 29 heavy (non-hydrogen) atoms. The van der Waals surface area contributed by atoms with Crippen LogP contribution in [0.4, 0.5) is 10.1 Å². The van der Waals surface area contributed by atoms with Crippen LogP contribution in [0, 0.1) is 5.82 Å². The number of carbonyl (C=O) groups is 1. The maximum absolute atomic E-state index is 14.8.